The Hall–Kier alpha value is -1.72. The first-order valence-corrected chi connectivity index (χ1v) is 7.29. The van der Waals surface area contributed by atoms with Crippen molar-refractivity contribution in [1.29, 1.82) is 0 Å². The Morgan fingerprint density at radius 2 is 2.19 bits per heavy atom. The number of anilines is 1. The zero-order chi connectivity index (χ0) is 15.0. The third kappa shape index (κ3) is 2.26. The lowest BCUT2D eigenvalue weighted by atomic mass is 9.72. The molecular formula is C15H18F2N2O2. The van der Waals surface area contributed by atoms with Gasteiger partial charge in [-0.1, -0.05) is 6.07 Å². The van der Waals surface area contributed by atoms with Crippen molar-refractivity contribution in [2.45, 2.75) is 44.2 Å². The zero-order valence-corrected chi connectivity index (χ0v) is 11.8. The predicted octanol–water partition coefficient (Wildman–Crippen LogP) is 2.29. The molecule has 2 unspecified atom stereocenters. The lowest BCUT2D eigenvalue weighted by molar-refractivity contribution is -0.151. The fourth-order valence-electron chi connectivity index (χ4n) is 3.50. The number of rotatable bonds is 3. The van der Waals surface area contributed by atoms with Crippen LogP contribution in [0.2, 0.25) is 0 Å². The van der Waals surface area contributed by atoms with Crippen LogP contribution in [0.15, 0.2) is 24.4 Å². The molecule has 0 spiro atoms. The number of carbonyl (C=O) groups is 1. The largest absolute Gasteiger partial charge is 0.464 e. The van der Waals surface area contributed by atoms with Gasteiger partial charge in [0.25, 0.3) is 0 Å². The van der Waals surface area contributed by atoms with Gasteiger partial charge in [0.15, 0.2) is 6.17 Å². The maximum atomic E-state index is 14.2. The molecule has 0 amide bonds. The van der Waals surface area contributed by atoms with Crippen molar-refractivity contribution in [1.82, 2.24) is 4.98 Å². The van der Waals surface area contributed by atoms with Crippen LogP contribution in [0.4, 0.5) is 14.6 Å². The van der Waals surface area contributed by atoms with E-state index >= 15 is 0 Å². The average molecular weight is 296 g/mol. The van der Waals surface area contributed by atoms with Crippen LogP contribution in [-0.2, 0) is 9.53 Å². The number of alkyl halides is 2. The molecular weight excluding hydrogens is 278 g/mol. The van der Waals surface area contributed by atoms with Gasteiger partial charge in [0.05, 0.1) is 12.6 Å². The number of hydrogen-bond acceptors (Lipinski definition) is 4. The van der Waals surface area contributed by atoms with E-state index in [9.17, 15) is 13.6 Å². The summed E-state index contributed by atoms with van der Waals surface area (Å²) in [7, 11) is 0. The second-order valence-corrected chi connectivity index (χ2v) is 5.49. The highest BCUT2D eigenvalue weighted by molar-refractivity contribution is 5.81. The maximum absolute atomic E-state index is 14.2. The van der Waals surface area contributed by atoms with Gasteiger partial charge in [-0.05, 0) is 31.9 Å². The van der Waals surface area contributed by atoms with Gasteiger partial charge in [0.2, 0.25) is 0 Å². The van der Waals surface area contributed by atoms with Gasteiger partial charge in [-0.3, -0.25) is 0 Å². The summed E-state index contributed by atoms with van der Waals surface area (Å²) in [4.78, 5) is 18.1. The molecule has 1 aliphatic carbocycles. The number of halogens is 2. The standard InChI is InChI=1S/C15H18F2N2O2/c1-2-21-15(20)14-9-6-7-10(13(17)12(9)16)19(14)11-5-3-4-8-18-11/h3-5,8-10,12-14H,2,6-7H2,1H3/t9?,10?,12-,13+,14+/m1/s1. The second kappa shape index (κ2) is 5.58. The first-order chi connectivity index (χ1) is 10.1. The van der Waals surface area contributed by atoms with Gasteiger partial charge in [-0.25, -0.2) is 18.6 Å². The molecule has 4 nitrogen and oxygen atoms in total. The molecule has 2 aliphatic heterocycles. The van der Waals surface area contributed by atoms with Gasteiger partial charge in [0.1, 0.15) is 18.0 Å². The maximum Gasteiger partial charge on any atom is 0.329 e. The highest BCUT2D eigenvalue weighted by Crippen LogP contribution is 2.44. The Balaban J connectivity index is 1.99. The summed E-state index contributed by atoms with van der Waals surface area (Å²) in [6.45, 7) is 1.92. The van der Waals surface area contributed by atoms with Crippen molar-refractivity contribution in [2.75, 3.05) is 11.5 Å². The van der Waals surface area contributed by atoms with E-state index in [0.29, 0.717) is 18.7 Å². The van der Waals surface area contributed by atoms with Crippen molar-refractivity contribution >= 4 is 11.8 Å². The average Bonchev–Trinajstić information content (AvgIpc) is 2.52. The highest BCUT2D eigenvalue weighted by atomic mass is 19.2. The minimum absolute atomic E-state index is 0.221. The monoisotopic (exact) mass is 296 g/mol. The van der Waals surface area contributed by atoms with Crippen LogP contribution in [0.5, 0.6) is 0 Å². The van der Waals surface area contributed by atoms with Crippen LogP contribution in [0, 0.1) is 5.92 Å². The fourth-order valence-corrected chi connectivity index (χ4v) is 3.50. The number of esters is 1. The number of nitrogens with zero attached hydrogens (tertiary/aromatic N) is 2. The molecule has 21 heavy (non-hydrogen) atoms. The van der Waals surface area contributed by atoms with Gasteiger partial charge < -0.3 is 9.64 Å². The highest BCUT2D eigenvalue weighted by Gasteiger charge is 2.57. The Kier molecular flexibility index (Phi) is 3.78. The molecule has 5 atom stereocenters. The Bertz CT molecular complexity index is 514. The van der Waals surface area contributed by atoms with Gasteiger partial charge in [-0.2, -0.15) is 0 Å². The summed E-state index contributed by atoms with van der Waals surface area (Å²) in [6.07, 6.45) is -0.591. The van der Waals surface area contributed by atoms with Crippen molar-refractivity contribution in [2.24, 2.45) is 5.92 Å². The number of piperidine rings is 2. The fraction of sp³-hybridized carbons (Fsp3) is 0.600. The second-order valence-electron chi connectivity index (χ2n) is 5.49. The minimum Gasteiger partial charge on any atom is -0.464 e. The Labute approximate surface area is 122 Å². The molecule has 4 rings (SSSR count). The van der Waals surface area contributed by atoms with Crippen molar-refractivity contribution < 1.29 is 18.3 Å². The molecule has 0 radical (unpaired) electrons. The van der Waals surface area contributed by atoms with Crippen LogP contribution in [0.3, 0.4) is 0 Å². The minimum atomic E-state index is -1.61. The summed E-state index contributed by atoms with van der Waals surface area (Å²) in [5, 5.41) is 0. The van der Waals surface area contributed by atoms with Gasteiger partial charge in [-0.15, -0.1) is 0 Å². The quantitative estimate of drug-likeness (QED) is 0.803. The molecule has 2 saturated heterocycles. The number of carbonyl (C=O) groups excluding carboxylic acids is 1. The van der Waals surface area contributed by atoms with E-state index in [1.165, 1.54) is 0 Å². The summed E-state index contributed by atoms with van der Waals surface area (Å²) < 4.78 is 33.5. The number of aromatic nitrogens is 1. The van der Waals surface area contributed by atoms with E-state index < -0.39 is 36.3 Å². The third-order valence-electron chi connectivity index (χ3n) is 4.38. The van der Waals surface area contributed by atoms with E-state index in [2.05, 4.69) is 4.98 Å². The SMILES string of the molecule is CCOC(=O)[C@@H]1C2CCC([C@H](F)[C@@H]2F)N1c1ccccn1. The van der Waals surface area contributed by atoms with E-state index in [0.717, 1.165) is 0 Å². The molecule has 114 valence electrons. The Morgan fingerprint density at radius 1 is 1.38 bits per heavy atom. The first-order valence-electron chi connectivity index (χ1n) is 7.29. The van der Waals surface area contributed by atoms with Crippen molar-refractivity contribution in [3.63, 3.8) is 0 Å². The number of pyridine rings is 1. The van der Waals surface area contributed by atoms with Crippen LogP contribution >= 0.6 is 0 Å². The molecule has 1 aromatic heterocycles. The summed E-state index contributed by atoms with van der Waals surface area (Å²) in [6, 6.07) is 3.78. The van der Waals surface area contributed by atoms with Crippen molar-refractivity contribution in [3.05, 3.63) is 24.4 Å². The topological polar surface area (TPSA) is 42.4 Å². The van der Waals surface area contributed by atoms with Crippen molar-refractivity contribution in [3.8, 4) is 0 Å². The van der Waals surface area contributed by atoms with E-state index in [4.69, 9.17) is 4.74 Å². The third-order valence-corrected chi connectivity index (χ3v) is 4.38. The molecule has 0 N–H and O–H groups in total. The molecule has 6 heteroatoms. The first kappa shape index (κ1) is 14.2. The normalized spacial score (nSPS) is 34.8. The van der Waals surface area contributed by atoms with E-state index in [1.807, 2.05) is 0 Å². The molecule has 2 bridgehead atoms. The summed E-state index contributed by atoms with van der Waals surface area (Å²) in [5.41, 5.74) is 0. The molecule has 3 aliphatic rings. The predicted molar refractivity (Wildman–Crippen MR) is 73.4 cm³/mol. The van der Waals surface area contributed by atoms with E-state index in [-0.39, 0.29) is 6.61 Å². The van der Waals surface area contributed by atoms with E-state index in [1.54, 1.807) is 36.2 Å². The molecule has 3 fully saturated rings. The Morgan fingerprint density at radius 3 is 2.86 bits per heavy atom. The zero-order valence-electron chi connectivity index (χ0n) is 11.8. The smallest absolute Gasteiger partial charge is 0.329 e. The van der Waals surface area contributed by atoms with Crippen LogP contribution in [0.1, 0.15) is 19.8 Å². The lowest BCUT2D eigenvalue weighted by Crippen LogP contribution is -2.68. The van der Waals surface area contributed by atoms with Gasteiger partial charge in [0, 0.05) is 12.1 Å². The number of hydrogen-bond donors (Lipinski definition) is 0. The van der Waals surface area contributed by atoms with Crippen LogP contribution in [-0.4, -0.2) is 42.0 Å². The molecule has 1 saturated carbocycles. The molecule has 0 aromatic carbocycles. The number of fused-ring (bicyclic) bond motifs is 3. The summed E-state index contributed by atoms with van der Waals surface area (Å²) >= 11 is 0. The lowest BCUT2D eigenvalue weighted by Gasteiger charge is -2.53. The molecule has 1 aromatic rings. The summed E-state index contributed by atoms with van der Waals surface area (Å²) in [5.74, 6) is -0.668. The van der Waals surface area contributed by atoms with Gasteiger partial charge >= 0.3 is 5.97 Å². The number of ether oxygens (including phenoxy) is 1. The van der Waals surface area contributed by atoms with Crippen LogP contribution in [0.25, 0.3) is 0 Å². The molecule has 3 heterocycles. The van der Waals surface area contributed by atoms with Crippen LogP contribution < -0.4 is 4.90 Å².